The number of likely N-dealkylation sites (tertiary alicyclic amines) is 1. The molecule has 0 atom stereocenters. The van der Waals surface area contributed by atoms with Gasteiger partial charge in [-0.3, -0.25) is 4.79 Å². The minimum Gasteiger partial charge on any atom is -0.381 e. The molecule has 1 N–H and O–H groups in total. The molecule has 0 bridgehead atoms. The zero-order chi connectivity index (χ0) is 25.7. The Morgan fingerprint density at radius 1 is 1.06 bits per heavy atom. The molecule has 2 aromatic rings. The first kappa shape index (κ1) is 25.7. The molecule has 2 heterocycles. The average molecular weight is 484 g/mol. The van der Waals surface area contributed by atoms with Crippen molar-refractivity contribution in [2.75, 3.05) is 26.3 Å². The number of piperidine rings is 1. The van der Waals surface area contributed by atoms with E-state index >= 15 is 0 Å². The summed E-state index contributed by atoms with van der Waals surface area (Å²) in [4.78, 5) is 15.5. The molecule has 0 saturated carbocycles. The highest BCUT2D eigenvalue weighted by atomic mass is 16.5. The maximum absolute atomic E-state index is 13.5. The van der Waals surface area contributed by atoms with Gasteiger partial charge in [-0.25, -0.2) is 0 Å². The number of hydrogen-bond acceptors (Lipinski definition) is 4. The van der Waals surface area contributed by atoms with Gasteiger partial charge >= 0.3 is 0 Å². The van der Waals surface area contributed by atoms with E-state index in [4.69, 9.17) is 10.00 Å². The summed E-state index contributed by atoms with van der Waals surface area (Å²) in [7, 11) is 0. The molecule has 0 unspecified atom stereocenters. The number of amides is 1. The average Bonchev–Trinajstić information content (AvgIpc) is 2.92. The van der Waals surface area contributed by atoms with Crippen molar-refractivity contribution in [3.8, 4) is 6.07 Å². The minimum absolute atomic E-state index is 0.0888. The number of nitrogens with zero attached hydrogens (tertiary/aromatic N) is 2. The Morgan fingerprint density at radius 2 is 1.72 bits per heavy atom. The summed E-state index contributed by atoms with van der Waals surface area (Å²) >= 11 is 0. The van der Waals surface area contributed by atoms with Crippen molar-refractivity contribution < 1.29 is 9.53 Å². The number of ether oxygens (including phenoxy) is 1. The number of nitriles is 1. The zero-order valence-electron chi connectivity index (χ0n) is 21.8. The molecular formula is C31H37N3O2. The fraction of sp³-hybridized carbons (Fsp3) is 0.419. The second-order valence-corrected chi connectivity index (χ2v) is 10.2. The first-order valence-electron chi connectivity index (χ1n) is 13.0. The third-order valence-electron chi connectivity index (χ3n) is 7.55. The maximum Gasteiger partial charge on any atom is 0.253 e. The summed E-state index contributed by atoms with van der Waals surface area (Å²) < 4.78 is 5.51. The second-order valence-electron chi connectivity index (χ2n) is 10.2. The van der Waals surface area contributed by atoms with E-state index in [9.17, 15) is 4.79 Å². The third-order valence-corrected chi connectivity index (χ3v) is 7.55. The summed E-state index contributed by atoms with van der Waals surface area (Å²) in [6.45, 7) is 13.7. The first-order valence-corrected chi connectivity index (χ1v) is 13.0. The highest BCUT2D eigenvalue weighted by molar-refractivity contribution is 5.95. The van der Waals surface area contributed by atoms with Crippen molar-refractivity contribution in [2.24, 2.45) is 5.92 Å². The molecule has 2 aliphatic rings. The second kappa shape index (κ2) is 11.6. The molecule has 0 aliphatic carbocycles. The molecule has 0 aromatic heterocycles. The monoisotopic (exact) mass is 483 g/mol. The lowest BCUT2D eigenvalue weighted by Gasteiger charge is -2.32. The van der Waals surface area contributed by atoms with Gasteiger partial charge in [0.25, 0.3) is 5.91 Å². The molecule has 5 heteroatoms. The van der Waals surface area contributed by atoms with Gasteiger partial charge in [0.2, 0.25) is 0 Å². The standard InChI is InChI=1S/C31H37N3O2/c1-21(2)30(33-23(4)25-13-17-36-18-14-25)29-19-28(8-5-22(29)3)31(35)34-15-11-27(12-16-34)26-9-6-24(20-32)7-10-26/h5-10,19,25,27,33H,4,11-18H2,1-3H3. The van der Waals surface area contributed by atoms with Crippen LogP contribution in [0, 0.1) is 24.2 Å². The number of carbonyl (C=O) groups is 1. The van der Waals surface area contributed by atoms with Gasteiger partial charge in [-0.1, -0.05) is 30.4 Å². The highest BCUT2D eigenvalue weighted by Crippen LogP contribution is 2.30. The van der Waals surface area contributed by atoms with Crippen molar-refractivity contribution in [1.29, 1.82) is 5.26 Å². The lowest BCUT2D eigenvalue weighted by atomic mass is 9.88. The molecular weight excluding hydrogens is 446 g/mol. The quantitative estimate of drug-likeness (QED) is 0.534. The smallest absolute Gasteiger partial charge is 0.253 e. The van der Waals surface area contributed by atoms with Gasteiger partial charge < -0.3 is 15.0 Å². The first-order chi connectivity index (χ1) is 17.4. The van der Waals surface area contributed by atoms with Crippen LogP contribution in [0.5, 0.6) is 0 Å². The Balaban J connectivity index is 1.46. The van der Waals surface area contributed by atoms with E-state index < -0.39 is 0 Å². The number of carbonyl (C=O) groups excluding carboxylic acids is 1. The van der Waals surface area contributed by atoms with Crippen LogP contribution in [0.2, 0.25) is 0 Å². The molecule has 0 spiro atoms. The van der Waals surface area contributed by atoms with Crippen LogP contribution in [-0.4, -0.2) is 37.1 Å². The molecule has 188 valence electrons. The Kier molecular flexibility index (Phi) is 8.28. The van der Waals surface area contributed by atoms with Gasteiger partial charge in [-0.2, -0.15) is 5.26 Å². The van der Waals surface area contributed by atoms with Crippen LogP contribution in [0.1, 0.15) is 78.1 Å². The zero-order valence-corrected chi connectivity index (χ0v) is 21.8. The van der Waals surface area contributed by atoms with Gasteiger partial charge in [-0.15, -0.1) is 0 Å². The van der Waals surface area contributed by atoms with E-state index in [1.165, 1.54) is 11.1 Å². The molecule has 4 rings (SSSR count). The Labute approximate surface area is 215 Å². The summed E-state index contributed by atoms with van der Waals surface area (Å²) in [5.74, 6) is 0.912. The van der Waals surface area contributed by atoms with Gasteiger partial charge in [0.1, 0.15) is 0 Å². The Hall–Kier alpha value is -3.36. The van der Waals surface area contributed by atoms with Crippen molar-refractivity contribution >= 4 is 11.6 Å². The number of rotatable bonds is 6. The summed E-state index contributed by atoms with van der Waals surface area (Å²) in [6, 6.07) is 16.1. The fourth-order valence-electron chi connectivity index (χ4n) is 5.22. The van der Waals surface area contributed by atoms with E-state index in [0.717, 1.165) is 80.1 Å². The molecule has 5 nitrogen and oxygen atoms in total. The molecule has 2 saturated heterocycles. The molecule has 2 aromatic carbocycles. The summed E-state index contributed by atoms with van der Waals surface area (Å²) in [5, 5.41) is 12.6. The highest BCUT2D eigenvalue weighted by Gasteiger charge is 2.25. The number of aryl methyl sites for hydroxylation is 1. The number of nitrogens with one attached hydrogen (secondary N) is 1. The van der Waals surface area contributed by atoms with Gasteiger partial charge in [0, 0.05) is 54.7 Å². The van der Waals surface area contributed by atoms with Crippen LogP contribution in [-0.2, 0) is 4.74 Å². The Bertz CT molecular complexity index is 1170. The van der Waals surface area contributed by atoms with Crippen molar-refractivity contribution in [1.82, 2.24) is 10.2 Å². The van der Waals surface area contributed by atoms with E-state index in [-0.39, 0.29) is 5.91 Å². The topological polar surface area (TPSA) is 65.4 Å². The van der Waals surface area contributed by atoms with Crippen LogP contribution in [0.3, 0.4) is 0 Å². The predicted octanol–water partition coefficient (Wildman–Crippen LogP) is 6.17. The van der Waals surface area contributed by atoms with Crippen molar-refractivity contribution in [2.45, 2.75) is 52.4 Å². The lowest BCUT2D eigenvalue weighted by molar-refractivity contribution is 0.0712. The van der Waals surface area contributed by atoms with Crippen molar-refractivity contribution in [3.05, 3.63) is 88.1 Å². The third kappa shape index (κ3) is 5.88. The Morgan fingerprint density at radius 3 is 2.33 bits per heavy atom. The largest absolute Gasteiger partial charge is 0.381 e. The van der Waals surface area contributed by atoms with Crippen LogP contribution in [0.15, 0.2) is 60.3 Å². The molecule has 2 fully saturated rings. The fourth-order valence-corrected chi connectivity index (χ4v) is 5.22. The number of allylic oxidation sites excluding steroid dienone is 2. The molecule has 2 aliphatic heterocycles. The predicted molar refractivity (Wildman–Crippen MR) is 144 cm³/mol. The SMILES string of the molecule is C=C(NC(=C(C)C)c1cc(C(=O)N2CCC(c3ccc(C#N)cc3)CC2)ccc1C)C1CCOCC1. The number of hydrogen-bond donors (Lipinski definition) is 1. The number of benzene rings is 2. The maximum atomic E-state index is 13.5. The molecule has 1 amide bonds. The summed E-state index contributed by atoms with van der Waals surface area (Å²) in [6.07, 6.45) is 3.83. The lowest BCUT2D eigenvalue weighted by Crippen LogP contribution is -2.38. The van der Waals surface area contributed by atoms with E-state index in [1.54, 1.807) is 0 Å². The molecule has 36 heavy (non-hydrogen) atoms. The van der Waals surface area contributed by atoms with E-state index in [0.29, 0.717) is 17.4 Å². The van der Waals surface area contributed by atoms with Crippen LogP contribution < -0.4 is 5.32 Å². The van der Waals surface area contributed by atoms with Crippen LogP contribution in [0.4, 0.5) is 0 Å². The van der Waals surface area contributed by atoms with E-state index in [1.807, 2.05) is 35.2 Å². The van der Waals surface area contributed by atoms with E-state index in [2.05, 4.69) is 50.9 Å². The van der Waals surface area contributed by atoms with Crippen LogP contribution in [0.25, 0.3) is 5.70 Å². The van der Waals surface area contributed by atoms with Gasteiger partial charge in [-0.05, 0) is 87.8 Å². The summed E-state index contributed by atoms with van der Waals surface area (Å²) in [5.41, 5.74) is 8.08. The van der Waals surface area contributed by atoms with Crippen molar-refractivity contribution in [3.63, 3.8) is 0 Å². The van der Waals surface area contributed by atoms with Gasteiger partial charge in [0.15, 0.2) is 0 Å². The van der Waals surface area contributed by atoms with Crippen LogP contribution >= 0.6 is 0 Å². The minimum atomic E-state index is 0.0888. The normalized spacial score (nSPS) is 16.8. The molecule has 0 radical (unpaired) electrons. The van der Waals surface area contributed by atoms with Gasteiger partial charge in [0.05, 0.1) is 11.6 Å².